The van der Waals surface area contributed by atoms with Crippen LogP contribution in [-0.4, -0.2) is 49.7 Å². The van der Waals surface area contributed by atoms with E-state index in [0.29, 0.717) is 42.6 Å². The maximum absolute atomic E-state index is 13.9. The van der Waals surface area contributed by atoms with E-state index in [1.54, 1.807) is 24.3 Å². The van der Waals surface area contributed by atoms with E-state index in [-0.39, 0.29) is 24.1 Å². The number of nitrogens with two attached hydrogens (primary N) is 1. The average Bonchev–Trinajstić information content (AvgIpc) is 2.87. The zero-order valence-corrected chi connectivity index (χ0v) is 21.1. The van der Waals surface area contributed by atoms with Crippen LogP contribution < -0.4 is 11.1 Å². The normalized spacial score (nSPS) is 22.0. The number of halogens is 2. The summed E-state index contributed by atoms with van der Waals surface area (Å²) in [5, 5.41) is 25.2. The number of aliphatic hydroxyl groups excluding tert-OH is 1. The summed E-state index contributed by atoms with van der Waals surface area (Å²) in [6.07, 6.45) is 1.65. The van der Waals surface area contributed by atoms with Gasteiger partial charge in [0.05, 0.1) is 40.9 Å². The summed E-state index contributed by atoms with van der Waals surface area (Å²) in [5.74, 6) is -3.71. The molecule has 38 heavy (non-hydrogen) atoms. The molecule has 1 aromatic heterocycles. The van der Waals surface area contributed by atoms with Gasteiger partial charge in [0.1, 0.15) is 17.3 Å². The van der Waals surface area contributed by atoms with Gasteiger partial charge in [-0.1, -0.05) is 19.1 Å². The molecule has 0 bridgehead atoms. The van der Waals surface area contributed by atoms with Crippen LogP contribution in [0.4, 0.5) is 8.78 Å². The first kappa shape index (κ1) is 27.5. The Bertz CT molecular complexity index is 1290. The fourth-order valence-electron chi connectivity index (χ4n) is 5.19. The third-order valence-electron chi connectivity index (χ3n) is 7.45. The van der Waals surface area contributed by atoms with Crippen molar-refractivity contribution in [3.8, 4) is 0 Å². The molecule has 1 aliphatic rings. The summed E-state index contributed by atoms with van der Waals surface area (Å²) >= 11 is 0. The quantitative estimate of drug-likeness (QED) is 0.338. The zero-order chi connectivity index (χ0) is 27.4. The lowest BCUT2D eigenvalue weighted by atomic mass is 9.70. The molecule has 4 rings (SSSR count). The number of nitrogens with one attached hydrogen (secondary N) is 1. The highest BCUT2D eigenvalue weighted by Crippen LogP contribution is 2.39. The van der Waals surface area contributed by atoms with Gasteiger partial charge in [0.15, 0.2) is 0 Å². The van der Waals surface area contributed by atoms with E-state index in [9.17, 15) is 28.6 Å². The minimum absolute atomic E-state index is 0.0160. The number of primary amides is 1. The lowest BCUT2D eigenvalue weighted by Crippen LogP contribution is -2.52. The number of hydrogen-bond acceptors (Lipinski definition) is 6. The number of benzene rings is 2. The molecule has 8 nitrogen and oxygen atoms in total. The molecule has 3 aromatic rings. The number of hydrogen-bond donors (Lipinski definition) is 4. The molecule has 1 aliphatic carbocycles. The molecule has 2 amide bonds. The van der Waals surface area contributed by atoms with Gasteiger partial charge >= 0.3 is 0 Å². The largest absolute Gasteiger partial charge is 0.391 e. The lowest BCUT2D eigenvalue weighted by Gasteiger charge is -2.41. The van der Waals surface area contributed by atoms with Crippen LogP contribution in [0.1, 0.15) is 55.1 Å². The number of aliphatic hydroxyl groups is 2. The van der Waals surface area contributed by atoms with Crippen LogP contribution in [0.2, 0.25) is 0 Å². The molecule has 5 N–H and O–H groups in total. The molecule has 202 valence electrons. The third-order valence-corrected chi connectivity index (χ3v) is 7.45. The summed E-state index contributed by atoms with van der Waals surface area (Å²) in [5.41, 5.74) is 5.53. The Morgan fingerprint density at radius 3 is 2.39 bits per heavy atom. The van der Waals surface area contributed by atoms with Gasteiger partial charge < -0.3 is 21.3 Å². The van der Waals surface area contributed by atoms with Crippen molar-refractivity contribution < 1.29 is 28.6 Å². The van der Waals surface area contributed by atoms with Gasteiger partial charge in [0.25, 0.3) is 5.91 Å². The second-order valence-corrected chi connectivity index (χ2v) is 10.3. The fraction of sp³-hybridized carbons (Fsp3) is 0.429. The van der Waals surface area contributed by atoms with Gasteiger partial charge in [-0.05, 0) is 74.3 Å². The van der Waals surface area contributed by atoms with E-state index in [1.165, 1.54) is 6.20 Å². The molecule has 10 heteroatoms. The minimum Gasteiger partial charge on any atom is -0.391 e. The molecule has 1 saturated carbocycles. The molecule has 0 saturated heterocycles. The number of para-hydroxylation sites is 2. The maximum Gasteiger partial charge on any atom is 0.271 e. The predicted molar refractivity (Wildman–Crippen MR) is 137 cm³/mol. The first-order valence-electron chi connectivity index (χ1n) is 12.7. The van der Waals surface area contributed by atoms with Crippen molar-refractivity contribution in [3.63, 3.8) is 0 Å². The van der Waals surface area contributed by atoms with Crippen LogP contribution in [0.15, 0.2) is 48.7 Å². The number of nitrogens with zero attached hydrogens (tertiary/aromatic N) is 2. The smallest absolute Gasteiger partial charge is 0.271 e. The third kappa shape index (κ3) is 6.49. The summed E-state index contributed by atoms with van der Waals surface area (Å²) in [4.78, 5) is 34.1. The van der Waals surface area contributed by atoms with Gasteiger partial charge in [-0.2, -0.15) is 0 Å². The molecule has 0 aliphatic heterocycles. The average molecular weight is 527 g/mol. The van der Waals surface area contributed by atoms with E-state index >= 15 is 0 Å². The molecular weight excluding hydrogens is 494 g/mol. The number of fused-ring (bicyclic) bond motifs is 1. The highest BCUT2D eigenvalue weighted by molar-refractivity contribution is 5.94. The number of amides is 2. The molecule has 3 atom stereocenters. The Balaban J connectivity index is 1.59. The van der Waals surface area contributed by atoms with Crippen molar-refractivity contribution in [2.75, 3.05) is 0 Å². The number of carbonyl (C=O) groups excluding carboxylic acids is 2. The van der Waals surface area contributed by atoms with Crippen LogP contribution in [-0.2, 0) is 11.2 Å². The van der Waals surface area contributed by atoms with Gasteiger partial charge in [0, 0.05) is 6.07 Å². The second-order valence-electron chi connectivity index (χ2n) is 10.3. The number of carbonyl (C=O) groups is 2. The molecule has 0 spiro atoms. The Kier molecular flexibility index (Phi) is 8.32. The van der Waals surface area contributed by atoms with E-state index in [0.717, 1.165) is 18.2 Å². The van der Waals surface area contributed by atoms with Crippen molar-refractivity contribution in [2.45, 2.75) is 63.2 Å². The first-order chi connectivity index (χ1) is 18.0. The van der Waals surface area contributed by atoms with Crippen molar-refractivity contribution in [2.24, 2.45) is 17.6 Å². The maximum atomic E-state index is 13.9. The van der Waals surface area contributed by atoms with E-state index in [4.69, 9.17) is 5.73 Å². The SMILES string of the molecule is CC1CCC(O)(C(CC(O)C(Cc2cc(F)cc(F)c2)NC(=O)c2cnc3ccccc3n2)C(N)=O)CC1. The van der Waals surface area contributed by atoms with Gasteiger partial charge in [-0.25, -0.2) is 13.8 Å². The predicted octanol–water partition coefficient (Wildman–Crippen LogP) is 3.04. The molecular formula is C28H32F2N4O4. The van der Waals surface area contributed by atoms with Crippen molar-refractivity contribution in [3.05, 3.63) is 71.6 Å². The molecule has 1 fully saturated rings. The van der Waals surface area contributed by atoms with Crippen LogP contribution in [0.3, 0.4) is 0 Å². The Labute approximate surface area is 219 Å². The topological polar surface area (TPSA) is 138 Å². The lowest BCUT2D eigenvalue weighted by molar-refractivity contribution is -0.138. The van der Waals surface area contributed by atoms with Crippen molar-refractivity contribution >= 4 is 22.8 Å². The van der Waals surface area contributed by atoms with Gasteiger partial charge in [-0.3, -0.25) is 14.6 Å². The highest BCUT2D eigenvalue weighted by atomic mass is 19.1. The van der Waals surface area contributed by atoms with E-state index < -0.39 is 47.1 Å². The fourth-order valence-corrected chi connectivity index (χ4v) is 5.19. The molecule has 3 unspecified atom stereocenters. The minimum atomic E-state index is -1.39. The highest BCUT2D eigenvalue weighted by Gasteiger charge is 2.44. The van der Waals surface area contributed by atoms with Crippen LogP contribution in [0.5, 0.6) is 0 Å². The molecule has 0 radical (unpaired) electrons. The van der Waals surface area contributed by atoms with E-state index in [1.807, 2.05) is 0 Å². The first-order valence-corrected chi connectivity index (χ1v) is 12.7. The Morgan fingerprint density at radius 2 is 1.76 bits per heavy atom. The van der Waals surface area contributed by atoms with Gasteiger partial charge in [-0.15, -0.1) is 0 Å². The Hall–Kier alpha value is -3.50. The molecule has 1 heterocycles. The van der Waals surface area contributed by atoms with Crippen LogP contribution >= 0.6 is 0 Å². The number of rotatable bonds is 9. The van der Waals surface area contributed by atoms with Crippen LogP contribution in [0, 0.1) is 23.5 Å². The van der Waals surface area contributed by atoms with Crippen molar-refractivity contribution in [1.82, 2.24) is 15.3 Å². The van der Waals surface area contributed by atoms with Gasteiger partial charge in [0.2, 0.25) is 5.91 Å². The Morgan fingerprint density at radius 1 is 1.13 bits per heavy atom. The summed E-state index contributed by atoms with van der Waals surface area (Å²) in [6, 6.07) is 8.84. The zero-order valence-electron chi connectivity index (χ0n) is 21.1. The second kappa shape index (κ2) is 11.5. The standard InChI is InChI=1S/C28H32F2N4O4/c1-16-6-8-28(38,9-7-16)20(26(31)36)14-25(35)23(12-17-10-18(29)13-19(30)11-17)34-27(37)24-15-32-21-4-2-3-5-22(21)33-24/h2-5,10-11,13,15-16,20,23,25,35,38H,6-9,12,14H2,1H3,(H2,31,36)(H,34,37). The monoisotopic (exact) mass is 526 g/mol. The number of aromatic nitrogens is 2. The van der Waals surface area contributed by atoms with Crippen molar-refractivity contribution in [1.29, 1.82) is 0 Å². The van der Waals surface area contributed by atoms with Crippen LogP contribution in [0.25, 0.3) is 11.0 Å². The summed E-state index contributed by atoms with van der Waals surface area (Å²) in [7, 11) is 0. The van der Waals surface area contributed by atoms with E-state index in [2.05, 4.69) is 22.2 Å². The molecule has 2 aromatic carbocycles. The summed E-state index contributed by atoms with van der Waals surface area (Å²) in [6.45, 7) is 2.06. The summed E-state index contributed by atoms with van der Waals surface area (Å²) < 4.78 is 27.8.